The predicted molar refractivity (Wildman–Crippen MR) is 84.8 cm³/mol. The molecule has 2 atom stereocenters. The standard InChI is InChI=1S/C15H24ClN3O2/c1-2-7-19-15(21)14(16)13(9-18-19)17-8-11-5-3-4-6-12(11)10-20/h9,11-12,17,20H,2-8,10H2,1H3. The molecular weight excluding hydrogens is 290 g/mol. The van der Waals surface area contributed by atoms with Crippen LogP contribution in [0.4, 0.5) is 5.69 Å². The van der Waals surface area contributed by atoms with E-state index in [1.165, 1.54) is 17.5 Å². The van der Waals surface area contributed by atoms with Crippen molar-refractivity contribution in [1.82, 2.24) is 9.78 Å². The number of nitrogens with zero attached hydrogens (tertiary/aromatic N) is 2. The van der Waals surface area contributed by atoms with Gasteiger partial charge in [-0.2, -0.15) is 5.10 Å². The molecule has 0 radical (unpaired) electrons. The summed E-state index contributed by atoms with van der Waals surface area (Å²) in [4.78, 5) is 12.0. The van der Waals surface area contributed by atoms with E-state index < -0.39 is 0 Å². The monoisotopic (exact) mass is 313 g/mol. The van der Waals surface area contributed by atoms with Gasteiger partial charge in [0, 0.05) is 19.7 Å². The summed E-state index contributed by atoms with van der Waals surface area (Å²) in [6, 6.07) is 0. The zero-order valence-electron chi connectivity index (χ0n) is 12.5. The molecule has 2 rings (SSSR count). The average Bonchev–Trinajstić information content (AvgIpc) is 2.51. The maximum absolute atomic E-state index is 12.0. The summed E-state index contributed by atoms with van der Waals surface area (Å²) in [6.45, 7) is 3.53. The fourth-order valence-corrected chi connectivity index (χ4v) is 3.21. The molecule has 1 aromatic heterocycles. The number of nitrogens with one attached hydrogen (secondary N) is 1. The van der Waals surface area contributed by atoms with Crippen LogP contribution in [-0.4, -0.2) is 28.0 Å². The van der Waals surface area contributed by atoms with Gasteiger partial charge in [0.25, 0.3) is 5.56 Å². The second-order valence-electron chi connectivity index (χ2n) is 5.77. The maximum atomic E-state index is 12.0. The van der Waals surface area contributed by atoms with Crippen molar-refractivity contribution in [2.45, 2.75) is 45.6 Å². The number of aliphatic hydroxyl groups excluding tert-OH is 1. The molecule has 0 spiro atoms. The molecule has 5 nitrogen and oxygen atoms in total. The van der Waals surface area contributed by atoms with Gasteiger partial charge in [0.1, 0.15) is 5.02 Å². The molecule has 1 heterocycles. The van der Waals surface area contributed by atoms with Gasteiger partial charge in [-0.3, -0.25) is 4.79 Å². The zero-order chi connectivity index (χ0) is 15.2. The Morgan fingerprint density at radius 3 is 2.81 bits per heavy atom. The first-order chi connectivity index (χ1) is 10.2. The number of rotatable bonds is 6. The van der Waals surface area contributed by atoms with Gasteiger partial charge in [-0.25, -0.2) is 4.68 Å². The fraction of sp³-hybridized carbons (Fsp3) is 0.733. The highest BCUT2D eigenvalue weighted by Crippen LogP contribution is 2.30. The first-order valence-electron chi connectivity index (χ1n) is 7.77. The molecule has 1 fully saturated rings. The highest BCUT2D eigenvalue weighted by atomic mass is 35.5. The van der Waals surface area contributed by atoms with Gasteiger partial charge in [0.05, 0.1) is 11.9 Å². The van der Waals surface area contributed by atoms with Crippen molar-refractivity contribution in [3.8, 4) is 0 Å². The predicted octanol–water partition coefficient (Wildman–Crippen LogP) is 2.52. The number of aliphatic hydroxyl groups is 1. The van der Waals surface area contributed by atoms with Crippen LogP contribution >= 0.6 is 11.6 Å². The molecular formula is C15H24ClN3O2. The first kappa shape index (κ1) is 16.3. The lowest BCUT2D eigenvalue weighted by atomic mass is 9.79. The second kappa shape index (κ2) is 7.80. The third-order valence-corrected chi connectivity index (χ3v) is 4.64. The molecule has 1 aromatic rings. The molecule has 1 aliphatic rings. The van der Waals surface area contributed by atoms with Crippen LogP contribution < -0.4 is 10.9 Å². The SMILES string of the molecule is CCCn1ncc(NCC2CCCCC2CO)c(Cl)c1=O. The van der Waals surface area contributed by atoms with Crippen LogP contribution in [0.2, 0.25) is 5.02 Å². The molecule has 2 N–H and O–H groups in total. The minimum atomic E-state index is -0.245. The van der Waals surface area contributed by atoms with Crippen molar-refractivity contribution in [1.29, 1.82) is 0 Å². The van der Waals surface area contributed by atoms with E-state index in [1.807, 2.05) is 6.92 Å². The molecule has 2 unspecified atom stereocenters. The molecule has 1 aliphatic carbocycles. The maximum Gasteiger partial charge on any atom is 0.287 e. The fourth-order valence-electron chi connectivity index (χ4n) is 2.99. The Labute approximate surface area is 130 Å². The first-order valence-corrected chi connectivity index (χ1v) is 8.15. The largest absolute Gasteiger partial charge is 0.396 e. The molecule has 0 aromatic carbocycles. The number of anilines is 1. The van der Waals surface area contributed by atoms with Crippen molar-refractivity contribution in [2.24, 2.45) is 11.8 Å². The van der Waals surface area contributed by atoms with Crippen LogP contribution in [-0.2, 0) is 6.54 Å². The van der Waals surface area contributed by atoms with E-state index in [9.17, 15) is 9.90 Å². The lowest BCUT2D eigenvalue weighted by molar-refractivity contribution is 0.141. The normalized spacial score (nSPS) is 22.2. The van der Waals surface area contributed by atoms with Gasteiger partial charge in [0.2, 0.25) is 0 Å². The van der Waals surface area contributed by atoms with Crippen molar-refractivity contribution < 1.29 is 5.11 Å². The zero-order valence-corrected chi connectivity index (χ0v) is 13.3. The highest BCUT2D eigenvalue weighted by Gasteiger charge is 2.24. The third-order valence-electron chi connectivity index (χ3n) is 4.28. The minimum absolute atomic E-state index is 0.204. The number of aryl methyl sites for hydroxylation is 1. The van der Waals surface area contributed by atoms with E-state index >= 15 is 0 Å². The van der Waals surface area contributed by atoms with Crippen molar-refractivity contribution in [2.75, 3.05) is 18.5 Å². The molecule has 0 saturated heterocycles. The number of hydrogen-bond acceptors (Lipinski definition) is 4. The molecule has 1 saturated carbocycles. The lowest BCUT2D eigenvalue weighted by Gasteiger charge is -2.30. The Morgan fingerprint density at radius 2 is 2.14 bits per heavy atom. The van der Waals surface area contributed by atoms with Gasteiger partial charge < -0.3 is 10.4 Å². The molecule has 21 heavy (non-hydrogen) atoms. The van der Waals surface area contributed by atoms with Crippen LogP contribution in [0.25, 0.3) is 0 Å². The van der Waals surface area contributed by atoms with E-state index in [0.29, 0.717) is 24.1 Å². The highest BCUT2D eigenvalue weighted by molar-refractivity contribution is 6.32. The lowest BCUT2D eigenvalue weighted by Crippen LogP contribution is -2.30. The van der Waals surface area contributed by atoms with Crippen molar-refractivity contribution in [3.05, 3.63) is 21.6 Å². The summed E-state index contributed by atoms with van der Waals surface area (Å²) in [7, 11) is 0. The third kappa shape index (κ3) is 3.98. The summed E-state index contributed by atoms with van der Waals surface area (Å²) in [5, 5.41) is 17.0. The summed E-state index contributed by atoms with van der Waals surface area (Å²) in [5.41, 5.74) is 0.349. The van der Waals surface area contributed by atoms with E-state index in [-0.39, 0.29) is 17.2 Å². The Balaban J connectivity index is 2.03. The quantitative estimate of drug-likeness (QED) is 0.847. The molecule has 118 valence electrons. The van der Waals surface area contributed by atoms with Crippen LogP contribution in [0.3, 0.4) is 0 Å². The smallest absolute Gasteiger partial charge is 0.287 e. The number of halogens is 1. The van der Waals surface area contributed by atoms with Crippen LogP contribution in [0.1, 0.15) is 39.0 Å². The van der Waals surface area contributed by atoms with E-state index in [4.69, 9.17) is 11.6 Å². The topological polar surface area (TPSA) is 67.2 Å². The van der Waals surface area contributed by atoms with E-state index in [2.05, 4.69) is 10.4 Å². The van der Waals surface area contributed by atoms with Crippen molar-refractivity contribution in [3.63, 3.8) is 0 Å². The summed E-state index contributed by atoms with van der Waals surface area (Å²) >= 11 is 6.14. The number of hydrogen-bond donors (Lipinski definition) is 2. The van der Waals surface area contributed by atoms with Gasteiger partial charge in [-0.15, -0.1) is 0 Å². The molecule has 0 amide bonds. The Morgan fingerprint density at radius 1 is 1.43 bits per heavy atom. The summed E-state index contributed by atoms with van der Waals surface area (Å²) < 4.78 is 1.39. The average molecular weight is 314 g/mol. The Bertz CT molecular complexity index is 518. The van der Waals surface area contributed by atoms with Crippen molar-refractivity contribution >= 4 is 17.3 Å². The number of aromatic nitrogens is 2. The van der Waals surface area contributed by atoms with E-state index in [0.717, 1.165) is 25.8 Å². The molecule has 6 heteroatoms. The van der Waals surface area contributed by atoms with Gasteiger partial charge in [-0.05, 0) is 31.1 Å². The second-order valence-corrected chi connectivity index (χ2v) is 6.15. The van der Waals surface area contributed by atoms with Gasteiger partial charge in [0.15, 0.2) is 0 Å². The minimum Gasteiger partial charge on any atom is -0.396 e. The van der Waals surface area contributed by atoms with Gasteiger partial charge in [-0.1, -0.05) is 31.4 Å². The molecule has 0 aliphatic heterocycles. The Kier molecular flexibility index (Phi) is 6.06. The van der Waals surface area contributed by atoms with Crippen LogP contribution in [0.5, 0.6) is 0 Å². The Hall–Kier alpha value is -1.07. The van der Waals surface area contributed by atoms with E-state index in [1.54, 1.807) is 6.20 Å². The summed E-state index contributed by atoms with van der Waals surface area (Å²) in [6.07, 6.45) is 7.04. The van der Waals surface area contributed by atoms with Gasteiger partial charge >= 0.3 is 0 Å². The molecule has 0 bridgehead atoms. The summed E-state index contributed by atoms with van der Waals surface area (Å²) in [5.74, 6) is 0.774. The van der Waals surface area contributed by atoms with Crippen LogP contribution in [0.15, 0.2) is 11.0 Å². The van der Waals surface area contributed by atoms with Crippen LogP contribution in [0, 0.1) is 11.8 Å².